The molecule has 0 atom stereocenters. The van der Waals surface area contributed by atoms with Crippen molar-refractivity contribution in [1.82, 2.24) is 0 Å². The molecule has 0 aliphatic carbocycles. The van der Waals surface area contributed by atoms with E-state index < -0.39 is 25.2 Å². The Morgan fingerprint density at radius 1 is 1.33 bits per heavy atom. The standard InChI is InChI=1S/C6H9F3O3/c1-11-2-5(10)3-12-4-6(7,8)9/h2-4H2,1H3. The van der Waals surface area contributed by atoms with Crippen molar-refractivity contribution < 1.29 is 27.4 Å². The zero-order chi connectivity index (χ0) is 9.61. The number of carbonyl (C=O) groups excluding carboxylic acids is 1. The Bertz CT molecular complexity index is 143. The van der Waals surface area contributed by atoms with Gasteiger partial charge in [0.1, 0.15) is 19.8 Å². The van der Waals surface area contributed by atoms with Crippen LogP contribution in [0.5, 0.6) is 0 Å². The Labute approximate surface area is 67.4 Å². The lowest BCUT2D eigenvalue weighted by Gasteiger charge is -2.05. The van der Waals surface area contributed by atoms with Crippen LogP contribution in [0, 0.1) is 0 Å². The van der Waals surface area contributed by atoms with E-state index in [1.807, 2.05) is 0 Å². The van der Waals surface area contributed by atoms with Crippen LogP contribution in [0.15, 0.2) is 0 Å². The van der Waals surface area contributed by atoms with Gasteiger partial charge in [-0.3, -0.25) is 4.79 Å². The second-order valence-electron chi connectivity index (χ2n) is 2.08. The number of rotatable bonds is 5. The Kier molecular flexibility index (Phi) is 4.84. The van der Waals surface area contributed by atoms with Crippen LogP contribution >= 0.6 is 0 Å². The number of carbonyl (C=O) groups is 1. The maximum Gasteiger partial charge on any atom is 0.411 e. The summed E-state index contributed by atoms with van der Waals surface area (Å²) in [5.74, 6) is -0.512. The first-order valence-electron chi connectivity index (χ1n) is 3.11. The molecule has 0 spiro atoms. The average Bonchev–Trinajstić information content (AvgIpc) is 1.84. The van der Waals surface area contributed by atoms with Crippen molar-refractivity contribution in [3.05, 3.63) is 0 Å². The van der Waals surface area contributed by atoms with E-state index in [0.717, 1.165) is 0 Å². The molecular formula is C6H9F3O3. The van der Waals surface area contributed by atoms with Gasteiger partial charge in [0.2, 0.25) is 0 Å². The van der Waals surface area contributed by atoms with Crippen molar-refractivity contribution in [2.24, 2.45) is 0 Å². The summed E-state index contributed by atoms with van der Waals surface area (Å²) in [4.78, 5) is 10.5. The number of ether oxygens (including phenoxy) is 2. The Morgan fingerprint density at radius 2 is 1.92 bits per heavy atom. The molecule has 0 unspecified atom stereocenters. The van der Waals surface area contributed by atoms with Gasteiger partial charge in [-0.25, -0.2) is 0 Å². The highest BCUT2D eigenvalue weighted by Crippen LogP contribution is 2.13. The maximum absolute atomic E-state index is 11.4. The molecule has 0 amide bonds. The van der Waals surface area contributed by atoms with Crippen LogP contribution in [0.1, 0.15) is 0 Å². The summed E-state index contributed by atoms with van der Waals surface area (Å²) in [7, 11) is 1.28. The Hall–Kier alpha value is -0.620. The maximum atomic E-state index is 11.4. The molecule has 0 saturated heterocycles. The van der Waals surface area contributed by atoms with Crippen molar-refractivity contribution in [1.29, 1.82) is 0 Å². The van der Waals surface area contributed by atoms with Crippen LogP contribution in [0.25, 0.3) is 0 Å². The molecule has 0 aromatic rings. The minimum atomic E-state index is -4.38. The lowest BCUT2D eigenvalue weighted by atomic mass is 10.4. The minimum Gasteiger partial charge on any atom is -0.377 e. The average molecular weight is 186 g/mol. The van der Waals surface area contributed by atoms with E-state index in [9.17, 15) is 18.0 Å². The molecule has 0 aromatic heterocycles. The van der Waals surface area contributed by atoms with Gasteiger partial charge in [-0.05, 0) is 0 Å². The van der Waals surface area contributed by atoms with Crippen LogP contribution < -0.4 is 0 Å². The van der Waals surface area contributed by atoms with E-state index in [1.165, 1.54) is 7.11 Å². The first-order chi connectivity index (χ1) is 5.45. The Balaban J connectivity index is 3.37. The highest BCUT2D eigenvalue weighted by Gasteiger charge is 2.27. The molecule has 0 N–H and O–H groups in total. The van der Waals surface area contributed by atoms with Crippen LogP contribution in [-0.4, -0.2) is 38.9 Å². The van der Waals surface area contributed by atoms with Crippen LogP contribution in [0.3, 0.4) is 0 Å². The molecule has 0 heterocycles. The SMILES string of the molecule is COCC(=O)COCC(F)(F)F. The van der Waals surface area contributed by atoms with Gasteiger partial charge in [-0.1, -0.05) is 0 Å². The summed E-state index contributed by atoms with van der Waals surface area (Å²) < 4.78 is 42.7. The van der Waals surface area contributed by atoms with E-state index >= 15 is 0 Å². The quantitative estimate of drug-likeness (QED) is 0.636. The lowest BCUT2D eigenvalue weighted by molar-refractivity contribution is -0.175. The van der Waals surface area contributed by atoms with Crippen molar-refractivity contribution in [2.45, 2.75) is 6.18 Å². The lowest BCUT2D eigenvalue weighted by Crippen LogP contribution is -2.22. The molecule has 0 rings (SSSR count). The van der Waals surface area contributed by atoms with E-state index in [0.29, 0.717) is 0 Å². The summed E-state index contributed by atoms with van der Waals surface area (Å²) in [5.41, 5.74) is 0. The summed E-state index contributed by atoms with van der Waals surface area (Å²) in [5, 5.41) is 0. The Morgan fingerprint density at radius 3 is 2.33 bits per heavy atom. The fourth-order valence-corrected chi connectivity index (χ4v) is 0.483. The third-order valence-electron chi connectivity index (χ3n) is 0.834. The van der Waals surface area contributed by atoms with Crippen LogP contribution in [-0.2, 0) is 14.3 Å². The fourth-order valence-electron chi connectivity index (χ4n) is 0.483. The van der Waals surface area contributed by atoms with Crippen LogP contribution in [0.2, 0.25) is 0 Å². The molecule has 0 saturated carbocycles. The first-order valence-corrected chi connectivity index (χ1v) is 3.11. The molecule has 72 valence electrons. The molecule has 0 bridgehead atoms. The van der Waals surface area contributed by atoms with Crippen molar-refractivity contribution in [3.63, 3.8) is 0 Å². The fraction of sp³-hybridized carbons (Fsp3) is 0.833. The number of alkyl halides is 3. The third kappa shape index (κ3) is 7.49. The normalized spacial score (nSPS) is 11.7. The second-order valence-corrected chi connectivity index (χ2v) is 2.08. The van der Waals surface area contributed by atoms with Crippen LogP contribution in [0.4, 0.5) is 13.2 Å². The van der Waals surface area contributed by atoms with Gasteiger partial charge in [0.25, 0.3) is 0 Å². The largest absolute Gasteiger partial charge is 0.411 e. The molecule has 0 aromatic carbocycles. The molecule has 3 nitrogen and oxygen atoms in total. The number of Topliss-reactive ketones (excluding diaryl/α,β-unsaturated/α-hetero) is 1. The first kappa shape index (κ1) is 11.4. The highest BCUT2D eigenvalue weighted by molar-refractivity contribution is 5.80. The number of hydrogen-bond acceptors (Lipinski definition) is 3. The van der Waals surface area contributed by atoms with E-state index in [1.54, 1.807) is 0 Å². The van der Waals surface area contributed by atoms with Gasteiger partial charge in [0, 0.05) is 7.11 Å². The smallest absolute Gasteiger partial charge is 0.377 e. The van der Waals surface area contributed by atoms with Crippen molar-refractivity contribution in [3.8, 4) is 0 Å². The minimum absolute atomic E-state index is 0.224. The zero-order valence-corrected chi connectivity index (χ0v) is 6.48. The molecule has 12 heavy (non-hydrogen) atoms. The monoisotopic (exact) mass is 186 g/mol. The number of hydrogen-bond donors (Lipinski definition) is 0. The van der Waals surface area contributed by atoms with Gasteiger partial charge in [0.05, 0.1) is 0 Å². The summed E-state index contributed by atoms with van der Waals surface area (Å²) in [6, 6.07) is 0. The molecule has 0 fully saturated rings. The third-order valence-corrected chi connectivity index (χ3v) is 0.834. The number of methoxy groups -OCH3 is 1. The summed E-state index contributed by atoms with van der Waals surface area (Å²) in [6.07, 6.45) is -4.38. The van der Waals surface area contributed by atoms with E-state index in [2.05, 4.69) is 9.47 Å². The molecule has 0 radical (unpaired) electrons. The molecular weight excluding hydrogens is 177 g/mol. The van der Waals surface area contributed by atoms with Gasteiger partial charge in [0.15, 0.2) is 5.78 Å². The molecule has 6 heteroatoms. The highest BCUT2D eigenvalue weighted by atomic mass is 19.4. The van der Waals surface area contributed by atoms with Gasteiger partial charge in [-0.2, -0.15) is 13.2 Å². The van der Waals surface area contributed by atoms with Gasteiger partial charge < -0.3 is 9.47 Å². The summed E-state index contributed by atoms with van der Waals surface area (Å²) in [6.45, 7) is -2.19. The predicted molar refractivity (Wildman–Crippen MR) is 33.8 cm³/mol. The zero-order valence-electron chi connectivity index (χ0n) is 6.48. The van der Waals surface area contributed by atoms with Crippen molar-refractivity contribution >= 4 is 5.78 Å². The van der Waals surface area contributed by atoms with Gasteiger partial charge >= 0.3 is 6.18 Å². The molecule has 0 aliphatic rings. The number of halogens is 3. The predicted octanol–water partition coefficient (Wildman–Crippen LogP) is 0.781. The topological polar surface area (TPSA) is 35.5 Å². The van der Waals surface area contributed by atoms with E-state index in [-0.39, 0.29) is 6.61 Å². The van der Waals surface area contributed by atoms with Crippen molar-refractivity contribution in [2.75, 3.05) is 26.9 Å². The number of ketones is 1. The van der Waals surface area contributed by atoms with Gasteiger partial charge in [-0.15, -0.1) is 0 Å². The second kappa shape index (κ2) is 5.10. The summed E-state index contributed by atoms with van der Waals surface area (Å²) >= 11 is 0. The molecule has 0 aliphatic heterocycles. The van der Waals surface area contributed by atoms with E-state index in [4.69, 9.17) is 0 Å².